The van der Waals surface area contributed by atoms with Gasteiger partial charge in [0.15, 0.2) is 0 Å². The van der Waals surface area contributed by atoms with Gasteiger partial charge in [-0.3, -0.25) is 0 Å². The zero-order valence-electron chi connectivity index (χ0n) is 16.7. The number of carbonyl (C=O) groups is 1. The molecule has 1 aliphatic rings. The average Bonchev–Trinajstić information content (AvgIpc) is 2.73. The SMILES string of the molecule is O=C(O)c1cccc(S(=O)(=O)N2CCC([As]S(=O)(=O)c3ccc(Br)cc3C(F)(F)F)CC2)c1. The topological polar surface area (TPSA) is 109 Å². The van der Waals surface area contributed by atoms with Crippen molar-refractivity contribution in [3.63, 3.8) is 0 Å². The van der Waals surface area contributed by atoms with E-state index in [-0.39, 0.29) is 40.9 Å². The summed E-state index contributed by atoms with van der Waals surface area (Å²) in [7, 11) is -8.18. The molecule has 0 aliphatic carbocycles. The molecule has 2 aromatic carbocycles. The maximum atomic E-state index is 13.4. The third-order valence-electron chi connectivity index (χ3n) is 4.95. The fraction of sp³-hybridized carbons (Fsp3) is 0.316. The first-order valence-corrected chi connectivity index (χ1v) is 16.4. The van der Waals surface area contributed by atoms with E-state index in [2.05, 4.69) is 15.9 Å². The number of hydrogen-bond acceptors (Lipinski definition) is 5. The first-order chi connectivity index (χ1) is 15.2. The maximum absolute atomic E-state index is 13.4. The van der Waals surface area contributed by atoms with E-state index in [9.17, 15) is 34.8 Å². The van der Waals surface area contributed by atoms with Gasteiger partial charge in [-0.2, -0.15) is 0 Å². The first kappa shape index (κ1) is 26.2. The summed E-state index contributed by atoms with van der Waals surface area (Å²) in [6.07, 6.45) is -4.49. The molecule has 0 saturated carbocycles. The predicted octanol–water partition coefficient (Wildman–Crippen LogP) is 3.83. The van der Waals surface area contributed by atoms with Gasteiger partial charge >= 0.3 is 203 Å². The summed E-state index contributed by atoms with van der Waals surface area (Å²) >= 11 is 1.35. The van der Waals surface area contributed by atoms with Crippen LogP contribution in [0.3, 0.4) is 0 Å². The van der Waals surface area contributed by atoms with Crippen LogP contribution in [-0.2, 0) is 24.3 Å². The van der Waals surface area contributed by atoms with Crippen LogP contribution in [0.1, 0.15) is 28.8 Å². The van der Waals surface area contributed by atoms with Crippen LogP contribution in [0.5, 0.6) is 0 Å². The predicted molar refractivity (Wildman–Crippen MR) is 117 cm³/mol. The standard InChI is InChI=1S/C19H17AsBrF3NO6S2/c21-14-4-5-17(16(11-14)19(22,23)24)32(28,29)20-13-6-8-25(9-7-13)33(30,31)15-3-1-2-12(10-15)18(26)27/h1-5,10-11,13H,6-9H2,(H,26,27). The molecular formula is C19H17AsBrF3NO6S2. The Balaban J connectivity index is 1.75. The van der Waals surface area contributed by atoms with Crippen molar-refractivity contribution in [1.29, 1.82) is 0 Å². The quantitative estimate of drug-likeness (QED) is 0.486. The van der Waals surface area contributed by atoms with Crippen molar-refractivity contribution in [1.82, 2.24) is 4.31 Å². The number of halogens is 4. The summed E-state index contributed by atoms with van der Waals surface area (Å²) in [6, 6.07) is 7.81. The molecule has 0 amide bonds. The van der Waals surface area contributed by atoms with Crippen LogP contribution >= 0.6 is 15.9 Å². The Kier molecular flexibility index (Phi) is 7.69. The second kappa shape index (κ2) is 9.69. The summed E-state index contributed by atoms with van der Waals surface area (Å²) < 4.78 is 92.3. The molecule has 7 nitrogen and oxygen atoms in total. The number of alkyl halides is 3. The monoisotopic (exact) mass is 630 g/mol. The fourth-order valence-electron chi connectivity index (χ4n) is 3.33. The Bertz CT molecular complexity index is 1280. The van der Waals surface area contributed by atoms with Crippen LogP contribution < -0.4 is 0 Å². The van der Waals surface area contributed by atoms with E-state index in [1.807, 2.05) is 0 Å². The number of aromatic carboxylic acids is 1. The van der Waals surface area contributed by atoms with Crippen molar-refractivity contribution in [2.75, 3.05) is 13.1 Å². The number of carboxylic acids is 1. The van der Waals surface area contributed by atoms with Gasteiger partial charge in [-0.25, -0.2) is 0 Å². The molecule has 1 fully saturated rings. The summed E-state index contributed by atoms with van der Waals surface area (Å²) in [6.45, 7) is -0.0240. The molecule has 179 valence electrons. The molecule has 14 heteroatoms. The van der Waals surface area contributed by atoms with Crippen LogP contribution in [0.2, 0.25) is 4.71 Å². The van der Waals surface area contributed by atoms with Gasteiger partial charge in [-0.15, -0.1) is 0 Å². The Morgan fingerprint density at radius 2 is 1.70 bits per heavy atom. The zero-order chi connectivity index (χ0) is 24.6. The van der Waals surface area contributed by atoms with E-state index < -0.39 is 60.0 Å². The van der Waals surface area contributed by atoms with E-state index in [0.29, 0.717) is 0 Å². The Hall–Kier alpha value is -1.40. The molecule has 0 unspecified atom stereocenters. The molecule has 1 heterocycles. The van der Waals surface area contributed by atoms with Gasteiger partial charge in [0, 0.05) is 0 Å². The average molecular weight is 631 g/mol. The third kappa shape index (κ3) is 6.00. The molecule has 1 radical (unpaired) electrons. The molecule has 1 aliphatic heterocycles. The Morgan fingerprint density at radius 3 is 2.27 bits per heavy atom. The molecular weight excluding hydrogens is 614 g/mol. The third-order valence-corrected chi connectivity index (χ3v) is 14.8. The van der Waals surface area contributed by atoms with Gasteiger partial charge in [0.05, 0.1) is 0 Å². The number of sulfonamides is 1. The van der Waals surface area contributed by atoms with Crippen molar-refractivity contribution in [2.24, 2.45) is 0 Å². The van der Waals surface area contributed by atoms with Crippen LogP contribution in [0.25, 0.3) is 0 Å². The minimum atomic E-state index is -4.84. The first-order valence-electron chi connectivity index (χ1n) is 9.39. The molecule has 3 rings (SSSR count). The summed E-state index contributed by atoms with van der Waals surface area (Å²) in [5.41, 5.74) is -1.41. The van der Waals surface area contributed by atoms with Gasteiger partial charge < -0.3 is 0 Å². The summed E-state index contributed by atoms with van der Waals surface area (Å²) in [5, 5.41) is 9.07. The van der Waals surface area contributed by atoms with Crippen molar-refractivity contribution in [2.45, 2.75) is 33.5 Å². The number of nitrogens with zero attached hydrogens (tertiary/aromatic N) is 1. The van der Waals surface area contributed by atoms with Crippen LogP contribution in [-0.4, -0.2) is 59.9 Å². The normalized spacial score (nSPS) is 17.0. The Morgan fingerprint density at radius 1 is 1.06 bits per heavy atom. The molecule has 1 saturated heterocycles. The van der Waals surface area contributed by atoms with Gasteiger partial charge in [0.1, 0.15) is 0 Å². The fourth-order valence-corrected chi connectivity index (χ4v) is 12.6. The van der Waals surface area contributed by atoms with E-state index in [1.54, 1.807) is 0 Å². The van der Waals surface area contributed by atoms with Crippen molar-refractivity contribution in [3.8, 4) is 0 Å². The molecule has 0 atom stereocenters. The van der Waals surface area contributed by atoms with Gasteiger partial charge in [-0.1, -0.05) is 0 Å². The number of hydrogen-bond donors (Lipinski definition) is 1. The van der Waals surface area contributed by atoms with E-state index in [4.69, 9.17) is 5.11 Å². The second-order valence-corrected chi connectivity index (χ2v) is 17.5. The summed E-state index contributed by atoms with van der Waals surface area (Å²) in [5.74, 6) is -1.27. The van der Waals surface area contributed by atoms with Gasteiger partial charge in [0.25, 0.3) is 0 Å². The van der Waals surface area contributed by atoms with Crippen LogP contribution in [0.15, 0.2) is 56.7 Å². The van der Waals surface area contributed by atoms with Crippen molar-refractivity contribution < 1.29 is 39.9 Å². The van der Waals surface area contributed by atoms with E-state index in [0.717, 1.165) is 22.5 Å². The molecule has 2 aromatic rings. The summed E-state index contributed by atoms with van der Waals surface area (Å²) in [4.78, 5) is 10.2. The van der Waals surface area contributed by atoms with E-state index >= 15 is 0 Å². The molecule has 1 N–H and O–H groups in total. The zero-order valence-corrected chi connectivity index (χ0v) is 21.8. The van der Waals surface area contributed by atoms with Gasteiger partial charge in [-0.05, 0) is 0 Å². The van der Waals surface area contributed by atoms with Crippen LogP contribution in [0, 0.1) is 0 Å². The van der Waals surface area contributed by atoms with Crippen molar-refractivity contribution in [3.05, 3.63) is 58.1 Å². The van der Waals surface area contributed by atoms with E-state index in [1.165, 1.54) is 24.3 Å². The molecule has 0 aromatic heterocycles. The van der Waals surface area contributed by atoms with Gasteiger partial charge in [0.2, 0.25) is 0 Å². The Labute approximate surface area is 202 Å². The minimum absolute atomic E-state index is 0.0120. The van der Waals surface area contributed by atoms with Crippen molar-refractivity contribution >= 4 is 54.6 Å². The second-order valence-electron chi connectivity index (χ2n) is 7.19. The number of rotatable bonds is 6. The molecule has 0 spiro atoms. The number of carboxylic acid groups (broad SMARTS) is 1. The number of benzene rings is 2. The molecule has 0 bridgehead atoms. The molecule has 33 heavy (non-hydrogen) atoms. The van der Waals surface area contributed by atoms with Crippen LogP contribution in [0.4, 0.5) is 13.2 Å². The number of piperidine rings is 1.